The zero-order valence-corrected chi connectivity index (χ0v) is 13.3. The van der Waals surface area contributed by atoms with Gasteiger partial charge in [0.25, 0.3) is 5.78 Å². The Bertz CT molecular complexity index is 845. The van der Waals surface area contributed by atoms with Crippen molar-refractivity contribution in [3.63, 3.8) is 0 Å². The van der Waals surface area contributed by atoms with Crippen LogP contribution in [0.1, 0.15) is 16.7 Å². The van der Waals surface area contributed by atoms with E-state index in [1.165, 1.54) is 17.5 Å². The lowest BCUT2D eigenvalue weighted by Gasteiger charge is -2.07. The zero-order chi connectivity index (χ0) is 16.4. The van der Waals surface area contributed by atoms with Gasteiger partial charge in [0.2, 0.25) is 17.7 Å². The van der Waals surface area contributed by atoms with Crippen LogP contribution in [0.5, 0.6) is 0 Å². The van der Waals surface area contributed by atoms with Gasteiger partial charge >= 0.3 is 10.1 Å². The van der Waals surface area contributed by atoms with Gasteiger partial charge in [-0.25, -0.2) is 4.98 Å². The lowest BCUT2D eigenvalue weighted by molar-refractivity contribution is -0.123. The molecule has 2 heterocycles. The van der Waals surface area contributed by atoms with Crippen LogP contribution in [0.25, 0.3) is 0 Å². The van der Waals surface area contributed by atoms with Crippen LogP contribution in [-0.4, -0.2) is 19.2 Å². The van der Waals surface area contributed by atoms with Crippen LogP contribution < -0.4 is 5.73 Å². The molecule has 3 rings (SSSR count). The largest absolute Gasteiger partial charge is 0.457 e. The Morgan fingerprint density at radius 2 is 2.04 bits per heavy atom. The van der Waals surface area contributed by atoms with Crippen molar-refractivity contribution in [2.45, 2.75) is 11.9 Å². The number of carbonyl (C=O) groups excluding carboxylic acids is 1. The number of thiazole rings is 1. The molecule has 1 unspecified atom stereocenters. The lowest BCUT2D eigenvalue weighted by atomic mass is 10.2. The van der Waals surface area contributed by atoms with Crippen molar-refractivity contribution in [1.82, 2.24) is 4.98 Å². The number of carbonyl (C=O) groups is 1. The standard InChI is InChI=1S/C14H12N2O5S2/c15-13-11(10(17)12(20-13)14-16-6-7-22-14)21-23(18,19)8-9-4-2-1-3-5-9/h1-7,12H,8,15H2. The fraction of sp³-hybridized carbons (Fsp3) is 0.143. The molecule has 9 heteroatoms. The molecule has 0 bridgehead atoms. The van der Waals surface area contributed by atoms with Gasteiger partial charge in [-0.3, -0.25) is 4.79 Å². The quantitative estimate of drug-likeness (QED) is 0.811. The average Bonchev–Trinajstić information content (AvgIpc) is 3.11. The molecular weight excluding hydrogens is 340 g/mol. The molecule has 120 valence electrons. The van der Waals surface area contributed by atoms with Gasteiger partial charge in [-0.2, -0.15) is 8.42 Å². The summed E-state index contributed by atoms with van der Waals surface area (Å²) in [4.78, 5) is 16.2. The molecule has 0 saturated heterocycles. The average molecular weight is 352 g/mol. The highest BCUT2D eigenvalue weighted by Gasteiger charge is 2.40. The van der Waals surface area contributed by atoms with Crippen molar-refractivity contribution in [3.05, 3.63) is 64.1 Å². The summed E-state index contributed by atoms with van der Waals surface area (Å²) in [5.74, 6) is -1.89. The maximum absolute atomic E-state index is 12.3. The van der Waals surface area contributed by atoms with E-state index in [1.807, 2.05) is 0 Å². The first kappa shape index (κ1) is 15.5. The number of aromatic nitrogens is 1. The molecule has 2 N–H and O–H groups in total. The molecule has 0 spiro atoms. The van der Waals surface area contributed by atoms with Crippen LogP contribution in [0.3, 0.4) is 0 Å². The van der Waals surface area contributed by atoms with E-state index in [9.17, 15) is 13.2 Å². The number of benzene rings is 1. The fourth-order valence-electron chi connectivity index (χ4n) is 2.02. The van der Waals surface area contributed by atoms with E-state index in [2.05, 4.69) is 4.98 Å². The molecular formula is C14H12N2O5S2. The van der Waals surface area contributed by atoms with E-state index < -0.39 is 27.8 Å². The summed E-state index contributed by atoms with van der Waals surface area (Å²) in [5.41, 5.74) is 6.13. The first-order valence-corrected chi connectivity index (χ1v) is 8.98. The SMILES string of the molecule is NC1=C(OS(=O)(=O)Cc2ccccc2)C(=O)C(c2nccs2)O1. The van der Waals surface area contributed by atoms with E-state index in [-0.39, 0.29) is 11.6 Å². The van der Waals surface area contributed by atoms with Crippen LogP contribution >= 0.6 is 11.3 Å². The minimum Gasteiger partial charge on any atom is -0.457 e. The Morgan fingerprint density at radius 3 is 2.70 bits per heavy atom. The number of hydrogen-bond acceptors (Lipinski definition) is 8. The fourth-order valence-corrected chi connectivity index (χ4v) is 3.76. The molecule has 1 aliphatic rings. The summed E-state index contributed by atoms with van der Waals surface area (Å²) in [6, 6.07) is 8.47. The predicted octanol–water partition coefficient (Wildman–Crippen LogP) is 1.46. The summed E-state index contributed by atoms with van der Waals surface area (Å²) in [5, 5.41) is 2.06. The molecule has 1 aliphatic heterocycles. The monoisotopic (exact) mass is 352 g/mol. The van der Waals surface area contributed by atoms with Crippen LogP contribution in [0.4, 0.5) is 0 Å². The second-order valence-corrected chi connectivity index (χ2v) is 7.19. The number of ketones is 1. The molecule has 0 saturated carbocycles. The number of hydrogen-bond donors (Lipinski definition) is 1. The van der Waals surface area contributed by atoms with E-state index in [1.54, 1.807) is 35.7 Å². The molecule has 1 aromatic carbocycles. The normalized spacial score (nSPS) is 18.1. The number of ether oxygens (including phenoxy) is 1. The molecule has 0 aliphatic carbocycles. The van der Waals surface area contributed by atoms with Crippen molar-refractivity contribution in [3.8, 4) is 0 Å². The van der Waals surface area contributed by atoms with Crippen molar-refractivity contribution in [2.75, 3.05) is 0 Å². The van der Waals surface area contributed by atoms with E-state index in [0.717, 1.165) is 0 Å². The Balaban J connectivity index is 1.77. The van der Waals surface area contributed by atoms with Gasteiger partial charge in [-0.05, 0) is 5.56 Å². The Morgan fingerprint density at radius 1 is 1.30 bits per heavy atom. The first-order chi connectivity index (χ1) is 11.0. The molecule has 23 heavy (non-hydrogen) atoms. The van der Waals surface area contributed by atoms with Gasteiger partial charge in [0.05, 0.1) is 0 Å². The van der Waals surface area contributed by atoms with Crippen molar-refractivity contribution < 1.29 is 22.1 Å². The second kappa shape index (κ2) is 6.01. The summed E-state index contributed by atoms with van der Waals surface area (Å²) < 4.78 is 34.3. The van der Waals surface area contributed by atoms with Gasteiger partial charge in [0.1, 0.15) is 10.8 Å². The number of Topliss-reactive ketones (excluding diaryl/α,β-unsaturated/α-hetero) is 1. The smallest absolute Gasteiger partial charge is 0.313 e. The molecule has 1 aromatic heterocycles. The summed E-state index contributed by atoms with van der Waals surface area (Å²) >= 11 is 1.20. The second-order valence-electron chi connectivity index (χ2n) is 4.70. The van der Waals surface area contributed by atoms with Crippen molar-refractivity contribution in [1.29, 1.82) is 0 Å². The first-order valence-electron chi connectivity index (χ1n) is 6.52. The van der Waals surface area contributed by atoms with Crippen LogP contribution in [-0.2, 0) is 29.6 Å². The number of nitrogens with two attached hydrogens (primary N) is 1. The topological polar surface area (TPSA) is 109 Å². The predicted molar refractivity (Wildman–Crippen MR) is 82.3 cm³/mol. The number of rotatable bonds is 5. The highest BCUT2D eigenvalue weighted by molar-refractivity contribution is 7.86. The Hall–Kier alpha value is -2.39. The van der Waals surface area contributed by atoms with Gasteiger partial charge < -0.3 is 14.7 Å². The van der Waals surface area contributed by atoms with Gasteiger partial charge in [-0.1, -0.05) is 30.3 Å². The van der Waals surface area contributed by atoms with Crippen LogP contribution in [0, 0.1) is 0 Å². The third kappa shape index (κ3) is 3.35. The van der Waals surface area contributed by atoms with E-state index in [0.29, 0.717) is 10.6 Å². The van der Waals surface area contributed by atoms with Gasteiger partial charge in [0, 0.05) is 11.6 Å². The summed E-state index contributed by atoms with van der Waals surface area (Å²) in [6.45, 7) is 0. The Kier molecular flexibility index (Phi) is 4.05. The van der Waals surface area contributed by atoms with Crippen molar-refractivity contribution >= 4 is 27.2 Å². The molecule has 7 nitrogen and oxygen atoms in total. The maximum atomic E-state index is 12.3. The Labute approximate surface area is 136 Å². The lowest BCUT2D eigenvalue weighted by Crippen LogP contribution is -2.16. The summed E-state index contributed by atoms with van der Waals surface area (Å²) in [6.07, 6.45) is 0.453. The molecule has 0 amide bonds. The molecule has 0 radical (unpaired) electrons. The third-order valence-electron chi connectivity index (χ3n) is 3.00. The summed E-state index contributed by atoms with van der Waals surface area (Å²) in [7, 11) is -4.03. The highest BCUT2D eigenvalue weighted by Crippen LogP contribution is 2.33. The van der Waals surface area contributed by atoms with Crippen LogP contribution in [0.15, 0.2) is 53.6 Å². The van der Waals surface area contributed by atoms with Crippen molar-refractivity contribution in [2.24, 2.45) is 5.73 Å². The van der Waals surface area contributed by atoms with Gasteiger partial charge in [-0.15, -0.1) is 11.3 Å². The maximum Gasteiger partial charge on any atom is 0.313 e. The van der Waals surface area contributed by atoms with Gasteiger partial charge in [0.15, 0.2) is 0 Å². The number of nitrogens with zero attached hydrogens (tertiary/aromatic N) is 1. The van der Waals surface area contributed by atoms with E-state index in [4.69, 9.17) is 14.7 Å². The molecule has 0 fully saturated rings. The highest BCUT2D eigenvalue weighted by atomic mass is 32.2. The third-order valence-corrected chi connectivity index (χ3v) is 4.93. The zero-order valence-electron chi connectivity index (χ0n) is 11.7. The van der Waals surface area contributed by atoms with E-state index >= 15 is 0 Å². The minimum atomic E-state index is -4.03. The molecule has 2 aromatic rings. The minimum absolute atomic E-state index is 0.355. The van der Waals surface area contributed by atoms with Crippen LogP contribution in [0.2, 0.25) is 0 Å². The molecule has 1 atom stereocenters.